The number of aliphatic hydroxyl groups excluding tert-OH is 1. The highest BCUT2D eigenvalue weighted by Crippen LogP contribution is 2.18. The number of rotatable bonds is 6. The summed E-state index contributed by atoms with van der Waals surface area (Å²) in [4.78, 5) is 16.7. The van der Waals surface area contributed by atoms with E-state index < -0.39 is 0 Å². The molecule has 0 bridgehead atoms. The summed E-state index contributed by atoms with van der Waals surface area (Å²) in [6, 6.07) is 10.3. The Balaban J connectivity index is 2.02. The van der Waals surface area contributed by atoms with E-state index in [1.165, 1.54) is 6.42 Å². The van der Waals surface area contributed by atoms with E-state index in [0.717, 1.165) is 25.1 Å². The number of aliphatic hydroxyl groups is 1. The monoisotopic (exact) mass is 290 g/mol. The molecule has 0 aliphatic carbocycles. The van der Waals surface area contributed by atoms with E-state index in [-0.39, 0.29) is 12.5 Å². The summed E-state index contributed by atoms with van der Waals surface area (Å²) in [6.45, 7) is 4.26. The summed E-state index contributed by atoms with van der Waals surface area (Å²) < 4.78 is 0. The second-order valence-electron chi connectivity index (χ2n) is 5.77. The number of hydrogen-bond donors (Lipinski definition) is 1. The molecule has 1 aliphatic rings. The number of likely N-dealkylation sites (tertiary alicyclic amines) is 1. The predicted octanol–water partition coefficient (Wildman–Crippen LogP) is 2.28. The number of carbonyl (C=O) groups is 1. The summed E-state index contributed by atoms with van der Waals surface area (Å²) in [6.07, 6.45) is 4.11. The van der Waals surface area contributed by atoms with Crippen LogP contribution in [0.1, 0.15) is 32.6 Å². The van der Waals surface area contributed by atoms with Gasteiger partial charge in [-0.05, 0) is 44.7 Å². The molecule has 1 saturated heterocycles. The van der Waals surface area contributed by atoms with Gasteiger partial charge >= 0.3 is 0 Å². The van der Waals surface area contributed by atoms with Crippen molar-refractivity contribution in [3.63, 3.8) is 0 Å². The maximum absolute atomic E-state index is 12.6. The number of anilines is 1. The van der Waals surface area contributed by atoms with Crippen LogP contribution in [0.25, 0.3) is 0 Å². The van der Waals surface area contributed by atoms with Crippen molar-refractivity contribution in [1.29, 1.82) is 0 Å². The molecule has 1 aromatic rings. The van der Waals surface area contributed by atoms with Gasteiger partial charge in [0, 0.05) is 31.4 Å². The molecular formula is C17H26N2O2. The molecule has 2 rings (SSSR count). The number of nitrogens with zero attached hydrogens (tertiary/aromatic N) is 2. The molecule has 116 valence electrons. The lowest BCUT2D eigenvalue weighted by atomic mass is 10.0. The van der Waals surface area contributed by atoms with E-state index in [1.54, 1.807) is 0 Å². The Labute approximate surface area is 127 Å². The third kappa shape index (κ3) is 4.46. The molecule has 0 radical (unpaired) electrons. The van der Waals surface area contributed by atoms with Gasteiger partial charge in [0.25, 0.3) is 0 Å². The normalized spacial score (nSPS) is 18.6. The highest BCUT2D eigenvalue weighted by Gasteiger charge is 2.24. The fourth-order valence-corrected chi connectivity index (χ4v) is 2.92. The Bertz CT molecular complexity index is 436. The van der Waals surface area contributed by atoms with Crippen molar-refractivity contribution in [1.82, 2.24) is 4.90 Å². The maximum Gasteiger partial charge on any atom is 0.242 e. The minimum absolute atomic E-state index is 0.150. The third-order valence-electron chi connectivity index (χ3n) is 4.16. The molecule has 1 heterocycles. The van der Waals surface area contributed by atoms with Crippen molar-refractivity contribution in [3.8, 4) is 0 Å². The number of carbonyl (C=O) groups excluding carboxylic acids is 1. The molecule has 0 spiro atoms. The van der Waals surface area contributed by atoms with E-state index in [9.17, 15) is 4.79 Å². The number of benzene rings is 1. The maximum atomic E-state index is 12.6. The zero-order valence-corrected chi connectivity index (χ0v) is 12.9. The van der Waals surface area contributed by atoms with E-state index in [1.807, 2.05) is 35.2 Å². The molecule has 1 atom stereocenters. The molecule has 1 fully saturated rings. The minimum Gasteiger partial charge on any atom is -0.396 e. The van der Waals surface area contributed by atoms with E-state index >= 15 is 0 Å². The largest absolute Gasteiger partial charge is 0.396 e. The fraction of sp³-hybridized carbons (Fsp3) is 0.588. The molecule has 4 nitrogen and oxygen atoms in total. The van der Waals surface area contributed by atoms with Gasteiger partial charge in [-0.3, -0.25) is 4.79 Å². The highest BCUT2D eigenvalue weighted by atomic mass is 16.3. The van der Waals surface area contributed by atoms with Crippen LogP contribution in [-0.2, 0) is 4.79 Å². The minimum atomic E-state index is 0.150. The van der Waals surface area contributed by atoms with E-state index in [4.69, 9.17) is 5.11 Å². The second kappa shape index (κ2) is 8.03. The molecule has 1 aliphatic heterocycles. The molecule has 1 unspecified atom stereocenters. The van der Waals surface area contributed by atoms with Crippen LogP contribution in [0, 0.1) is 0 Å². The van der Waals surface area contributed by atoms with E-state index in [2.05, 4.69) is 11.8 Å². The Morgan fingerprint density at radius 3 is 2.76 bits per heavy atom. The Morgan fingerprint density at radius 2 is 2.10 bits per heavy atom. The first-order valence-electron chi connectivity index (χ1n) is 7.92. The van der Waals surface area contributed by atoms with Crippen LogP contribution in [0.5, 0.6) is 0 Å². The first-order chi connectivity index (χ1) is 10.2. The first-order valence-corrected chi connectivity index (χ1v) is 7.92. The van der Waals surface area contributed by atoms with E-state index in [0.29, 0.717) is 25.6 Å². The SMILES string of the molecule is CC1CCCCN1C(=O)CN(CCCO)c1ccccc1. The highest BCUT2D eigenvalue weighted by molar-refractivity contribution is 5.81. The van der Waals surface area contributed by atoms with Crippen molar-refractivity contribution >= 4 is 11.6 Å². The summed E-state index contributed by atoms with van der Waals surface area (Å²) in [5.74, 6) is 0.198. The summed E-state index contributed by atoms with van der Waals surface area (Å²) in [5.41, 5.74) is 1.05. The Morgan fingerprint density at radius 1 is 1.33 bits per heavy atom. The van der Waals surface area contributed by atoms with Crippen LogP contribution in [0.2, 0.25) is 0 Å². The number of amides is 1. The van der Waals surface area contributed by atoms with Crippen LogP contribution in [-0.4, -0.2) is 48.2 Å². The van der Waals surface area contributed by atoms with Gasteiger partial charge in [0.05, 0.1) is 6.54 Å². The Kier molecular flexibility index (Phi) is 6.05. The lowest BCUT2D eigenvalue weighted by molar-refractivity contribution is -0.132. The topological polar surface area (TPSA) is 43.8 Å². The molecule has 21 heavy (non-hydrogen) atoms. The average Bonchev–Trinajstić information content (AvgIpc) is 2.52. The molecule has 0 aromatic heterocycles. The average molecular weight is 290 g/mol. The molecule has 4 heteroatoms. The van der Waals surface area contributed by atoms with Crippen LogP contribution in [0.15, 0.2) is 30.3 Å². The van der Waals surface area contributed by atoms with Crippen molar-refractivity contribution < 1.29 is 9.90 Å². The lowest BCUT2D eigenvalue weighted by Crippen LogP contribution is -2.47. The number of para-hydroxylation sites is 1. The van der Waals surface area contributed by atoms with Crippen LogP contribution in [0.3, 0.4) is 0 Å². The number of piperidine rings is 1. The quantitative estimate of drug-likeness (QED) is 0.874. The van der Waals surface area contributed by atoms with Crippen LogP contribution < -0.4 is 4.90 Å². The van der Waals surface area contributed by atoms with Gasteiger partial charge in [-0.2, -0.15) is 0 Å². The fourth-order valence-electron chi connectivity index (χ4n) is 2.92. The van der Waals surface area contributed by atoms with Crippen molar-refractivity contribution in [2.24, 2.45) is 0 Å². The van der Waals surface area contributed by atoms with Crippen molar-refractivity contribution in [3.05, 3.63) is 30.3 Å². The summed E-state index contributed by atoms with van der Waals surface area (Å²) >= 11 is 0. The second-order valence-corrected chi connectivity index (χ2v) is 5.77. The number of hydrogen-bond acceptors (Lipinski definition) is 3. The molecule has 1 amide bonds. The standard InChI is InChI=1S/C17H26N2O2/c1-15-8-5-6-12-19(15)17(21)14-18(11-7-13-20)16-9-3-2-4-10-16/h2-4,9-10,15,20H,5-8,11-14H2,1H3. The lowest BCUT2D eigenvalue weighted by Gasteiger charge is -2.35. The van der Waals surface area contributed by atoms with Gasteiger partial charge in [0.15, 0.2) is 0 Å². The van der Waals surface area contributed by atoms with Crippen molar-refractivity contribution in [2.45, 2.75) is 38.6 Å². The van der Waals surface area contributed by atoms with Gasteiger partial charge in [-0.25, -0.2) is 0 Å². The zero-order chi connectivity index (χ0) is 15.1. The van der Waals surface area contributed by atoms with Crippen LogP contribution >= 0.6 is 0 Å². The summed E-state index contributed by atoms with van der Waals surface area (Å²) in [5, 5.41) is 9.06. The molecule has 0 saturated carbocycles. The summed E-state index contributed by atoms with van der Waals surface area (Å²) in [7, 11) is 0. The van der Waals surface area contributed by atoms with Gasteiger partial charge < -0.3 is 14.9 Å². The molecule has 1 N–H and O–H groups in total. The third-order valence-corrected chi connectivity index (χ3v) is 4.16. The smallest absolute Gasteiger partial charge is 0.242 e. The van der Waals surface area contributed by atoms with Gasteiger partial charge in [-0.1, -0.05) is 18.2 Å². The molecular weight excluding hydrogens is 264 g/mol. The predicted molar refractivity (Wildman–Crippen MR) is 85.4 cm³/mol. The Hall–Kier alpha value is -1.55. The van der Waals surface area contributed by atoms with Gasteiger partial charge in [-0.15, -0.1) is 0 Å². The van der Waals surface area contributed by atoms with Gasteiger partial charge in [0.2, 0.25) is 5.91 Å². The first kappa shape index (κ1) is 15.8. The zero-order valence-electron chi connectivity index (χ0n) is 12.9. The van der Waals surface area contributed by atoms with Gasteiger partial charge in [0.1, 0.15) is 0 Å². The van der Waals surface area contributed by atoms with Crippen molar-refractivity contribution in [2.75, 3.05) is 31.1 Å². The van der Waals surface area contributed by atoms with Crippen LogP contribution in [0.4, 0.5) is 5.69 Å². The molecule has 1 aromatic carbocycles.